The zero-order valence-corrected chi connectivity index (χ0v) is 21.7. The van der Waals surface area contributed by atoms with Crippen LogP contribution in [0.15, 0.2) is 65.8 Å². The fourth-order valence-electron chi connectivity index (χ4n) is 5.88. The van der Waals surface area contributed by atoms with Crippen molar-refractivity contribution in [3.63, 3.8) is 0 Å². The average Bonchev–Trinajstić information content (AvgIpc) is 3.58. The number of nitrogens with zero attached hydrogens (tertiary/aromatic N) is 5. The van der Waals surface area contributed by atoms with Crippen molar-refractivity contribution < 1.29 is 9.90 Å². The molecule has 8 heteroatoms. The Labute approximate surface area is 221 Å². The largest absolute Gasteiger partial charge is 0.388 e. The van der Waals surface area contributed by atoms with Crippen LogP contribution in [0.25, 0.3) is 16.9 Å². The third-order valence-electron chi connectivity index (χ3n) is 8.25. The molecule has 8 nitrogen and oxygen atoms in total. The monoisotopic (exact) mass is 511 g/mol. The molecule has 38 heavy (non-hydrogen) atoms. The van der Waals surface area contributed by atoms with Crippen molar-refractivity contribution in [3.8, 4) is 11.3 Å². The van der Waals surface area contributed by atoms with Crippen molar-refractivity contribution >= 4 is 11.6 Å². The van der Waals surface area contributed by atoms with E-state index in [0.29, 0.717) is 32.4 Å². The van der Waals surface area contributed by atoms with Crippen LogP contribution in [-0.4, -0.2) is 53.8 Å². The first-order valence-corrected chi connectivity index (χ1v) is 13.5. The number of hydrogen-bond donors (Lipinski definition) is 1. The molecule has 2 aliphatic rings. The van der Waals surface area contributed by atoms with Crippen LogP contribution in [0.2, 0.25) is 0 Å². The number of carbonyl (C=O) groups is 1. The van der Waals surface area contributed by atoms with Gasteiger partial charge in [-0.1, -0.05) is 49.4 Å². The number of carbonyl (C=O) groups excluding carboxylic acids is 1. The molecule has 1 fully saturated rings. The Morgan fingerprint density at radius 3 is 2.63 bits per heavy atom. The zero-order chi connectivity index (χ0) is 26.3. The molecule has 3 heterocycles. The van der Waals surface area contributed by atoms with Crippen LogP contribution in [-0.2, 0) is 24.2 Å². The topological polar surface area (TPSA) is 92.7 Å². The van der Waals surface area contributed by atoms with Crippen LogP contribution in [0.4, 0.5) is 0 Å². The molecule has 0 unspecified atom stereocenters. The summed E-state index contributed by atoms with van der Waals surface area (Å²) in [7, 11) is 0. The first kappa shape index (κ1) is 24.6. The molecular weight excluding hydrogens is 478 g/mol. The lowest BCUT2D eigenvalue weighted by atomic mass is 9.90. The summed E-state index contributed by atoms with van der Waals surface area (Å²) in [5, 5.41) is 15.8. The Balaban J connectivity index is 1.13. The minimum atomic E-state index is -1.08. The summed E-state index contributed by atoms with van der Waals surface area (Å²) in [5.74, 6) is 0.234. The van der Waals surface area contributed by atoms with Crippen molar-refractivity contribution in [3.05, 3.63) is 88.1 Å². The third kappa shape index (κ3) is 4.65. The molecule has 2 aromatic heterocycles. The first-order valence-electron chi connectivity index (χ1n) is 13.5. The number of imidazole rings is 1. The van der Waals surface area contributed by atoms with Gasteiger partial charge in [0.2, 0.25) is 11.6 Å². The Morgan fingerprint density at radius 1 is 1.08 bits per heavy atom. The van der Waals surface area contributed by atoms with Gasteiger partial charge in [-0.05, 0) is 60.8 Å². The molecule has 0 bridgehead atoms. The van der Waals surface area contributed by atoms with Gasteiger partial charge in [-0.25, -0.2) is 9.50 Å². The van der Waals surface area contributed by atoms with E-state index in [9.17, 15) is 14.7 Å². The second-order valence-electron chi connectivity index (χ2n) is 10.9. The first-order chi connectivity index (χ1) is 18.4. The molecule has 1 aliphatic heterocycles. The van der Waals surface area contributed by atoms with E-state index in [0.717, 1.165) is 29.7 Å². The zero-order valence-electron chi connectivity index (χ0n) is 21.7. The Hall–Kier alpha value is -3.78. The van der Waals surface area contributed by atoms with E-state index in [1.165, 1.54) is 28.4 Å². The van der Waals surface area contributed by atoms with E-state index in [1.54, 1.807) is 10.7 Å². The van der Waals surface area contributed by atoms with Gasteiger partial charge in [0.15, 0.2) is 0 Å². The summed E-state index contributed by atoms with van der Waals surface area (Å²) >= 11 is 0. The van der Waals surface area contributed by atoms with Gasteiger partial charge in [0, 0.05) is 25.1 Å². The molecule has 1 atom stereocenters. The number of aromatic nitrogens is 4. The van der Waals surface area contributed by atoms with Crippen LogP contribution >= 0.6 is 0 Å². The number of hydrogen-bond acceptors (Lipinski definition) is 5. The van der Waals surface area contributed by atoms with Crippen molar-refractivity contribution in [2.24, 2.45) is 0 Å². The van der Waals surface area contributed by atoms with Crippen LogP contribution in [0.1, 0.15) is 55.2 Å². The van der Waals surface area contributed by atoms with Gasteiger partial charge in [0.05, 0.1) is 24.0 Å². The molecule has 1 saturated heterocycles. The number of rotatable bonds is 6. The van der Waals surface area contributed by atoms with Crippen molar-refractivity contribution in [2.75, 3.05) is 13.1 Å². The fraction of sp³-hybridized carbons (Fsp3) is 0.400. The minimum Gasteiger partial charge on any atom is -0.388 e. The molecule has 1 N–H and O–H groups in total. The lowest BCUT2D eigenvalue weighted by Gasteiger charge is -2.38. The summed E-state index contributed by atoms with van der Waals surface area (Å²) in [4.78, 5) is 32.4. The smallest absolute Gasteiger partial charge is 0.296 e. The summed E-state index contributed by atoms with van der Waals surface area (Å²) in [6, 6.07) is 16.4. The van der Waals surface area contributed by atoms with Crippen LogP contribution < -0.4 is 5.56 Å². The van der Waals surface area contributed by atoms with Crippen molar-refractivity contribution in [2.45, 2.75) is 63.5 Å². The van der Waals surface area contributed by atoms with Gasteiger partial charge in [-0.3, -0.25) is 14.2 Å². The van der Waals surface area contributed by atoms with Gasteiger partial charge in [-0.2, -0.15) is 5.10 Å². The number of aryl methyl sites for hydroxylation is 2. The maximum Gasteiger partial charge on any atom is 0.296 e. The second-order valence-corrected chi connectivity index (χ2v) is 10.9. The number of piperidine rings is 1. The quantitative estimate of drug-likeness (QED) is 0.427. The second kappa shape index (κ2) is 9.83. The highest BCUT2D eigenvalue weighted by Gasteiger charge is 2.35. The fourth-order valence-corrected chi connectivity index (χ4v) is 5.88. The third-order valence-corrected chi connectivity index (χ3v) is 8.25. The summed E-state index contributed by atoms with van der Waals surface area (Å²) in [6.45, 7) is 3.12. The molecule has 4 aromatic rings. The molecule has 0 saturated carbocycles. The molecule has 1 aliphatic carbocycles. The summed E-state index contributed by atoms with van der Waals surface area (Å²) in [6.07, 6.45) is 7.81. The minimum absolute atomic E-state index is 0.0973. The number of likely N-dealkylation sites (tertiary alicyclic amines) is 1. The Kier molecular flexibility index (Phi) is 6.35. The number of fused-ring (bicyclic) bond motifs is 2. The standard InChI is InChI=1S/C30H33N5O3/c1-21(22-6-3-2-4-7-22)16-27(36)33-14-12-30(38,13-15-33)19-34-20-32-35-26(18-31-28(35)29(34)37)25-11-10-23-8-5-9-24(23)17-25/h2-4,6-7,10-11,17-18,20-21,38H,5,8-9,12-16,19H2,1H3/t21-/m1/s1. The predicted octanol–water partition coefficient (Wildman–Crippen LogP) is 3.59. The maximum atomic E-state index is 13.3. The van der Waals surface area contributed by atoms with Gasteiger partial charge >= 0.3 is 0 Å². The molecule has 1 amide bonds. The highest BCUT2D eigenvalue weighted by atomic mass is 16.3. The maximum absolute atomic E-state index is 13.3. The van der Waals surface area contributed by atoms with E-state index < -0.39 is 5.60 Å². The van der Waals surface area contributed by atoms with E-state index in [4.69, 9.17) is 0 Å². The van der Waals surface area contributed by atoms with Crippen LogP contribution in [0.5, 0.6) is 0 Å². The molecular formula is C30H33N5O3. The predicted molar refractivity (Wildman–Crippen MR) is 145 cm³/mol. The Bertz CT molecular complexity index is 1530. The average molecular weight is 512 g/mol. The van der Waals surface area contributed by atoms with E-state index in [2.05, 4.69) is 35.2 Å². The van der Waals surface area contributed by atoms with Crippen LogP contribution in [0.3, 0.4) is 0 Å². The Morgan fingerprint density at radius 2 is 1.84 bits per heavy atom. The lowest BCUT2D eigenvalue weighted by Crippen LogP contribution is -2.50. The van der Waals surface area contributed by atoms with Gasteiger partial charge in [0.25, 0.3) is 5.56 Å². The molecule has 2 aromatic carbocycles. The van der Waals surface area contributed by atoms with E-state index >= 15 is 0 Å². The summed E-state index contributed by atoms with van der Waals surface area (Å²) < 4.78 is 3.04. The van der Waals surface area contributed by atoms with Gasteiger partial charge < -0.3 is 10.0 Å². The van der Waals surface area contributed by atoms with Gasteiger partial charge in [-0.15, -0.1) is 0 Å². The van der Waals surface area contributed by atoms with Crippen molar-refractivity contribution in [1.82, 2.24) is 24.1 Å². The number of aliphatic hydroxyl groups is 1. The molecule has 0 radical (unpaired) electrons. The highest BCUT2D eigenvalue weighted by molar-refractivity contribution is 5.77. The number of benzene rings is 2. The van der Waals surface area contributed by atoms with Crippen molar-refractivity contribution in [1.29, 1.82) is 0 Å². The summed E-state index contributed by atoms with van der Waals surface area (Å²) in [5.41, 5.74) is 4.56. The molecule has 196 valence electrons. The lowest BCUT2D eigenvalue weighted by molar-refractivity contribution is -0.136. The molecule has 6 rings (SSSR count). The SMILES string of the molecule is C[C@H](CC(=O)N1CCC(O)(Cn2cnn3c(-c4ccc5c(c4)CCC5)cnc3c2=O)CC1)c1ccccc1. The van der Waals surface area contributed by atoms with E-state index in [-0.39, 0.29) is 29.6 Å². The number of amides is 1. The van der Waals surface area contributed by atoms with E-state index in [1.807, 2.05) is 35.2 Å². The van der Waals surface area contributed by atoms with Gasteiger partial charge in [0.1, 0.15) is 6.33 Å². The highest BCUT2D eigenvalue weighted by Crippen LogP contribution is 2.29. The molecule has 0 spiro atoms. The van der Waals surface area contributed by atoms with Crippen LogP contribution in [0, 0.1) is 0 Å². The normalized spacial score (nSPS) is 17.5.